The van der Waals surface area contributed by atoms with Gasteiger partial charge < -0.3 is 4.57 Å². The maximum Gasteiger partial charge on any atom is 0.293 e. The third-order valence-electron chi connectivity index (χ3n) is 3.49. The number of rotatable bonds is 4. The zero-order valence-corrected chi connectivity index (χ0v) is 13.3. The van der Waals surface area contributed by atoms with Gasteiger partial charge in [-0.05, 0) is 48.5 Å². The van der Waals surface area contributed by atoms with E-state index in [1.54, 1.807) is 47.2 Å². The fourth-order valence-corrected chi connectivity index (χ4v) is 3.28. The molecule has 2 amide bonds. The van der Waals surface area contributed by atoms with Crippen molar-refractivity contribution in [3.8, 4) is 5.69 Å². The molecular formula is C17H15FN2O2S. The highest BCUT2D eigenvalue weighted by molar-refractivity contribution is 8.18. The number of aromatic nitrogens is 1. The molecule has 6 heteroatoms. The Morgan fingerprint density at radius 1 is 1.17 bits per heavy atom. The predicted molar refractivity (Wildman–Crippen MR) is 88.7 cm³/mol. The normalized spacial score (nSPS) is 16.6. The zero-order chi connectivity index (χ0) is 16.4. The van der Waals surface area contributed by atoms with Crippen LogP contribution in [0, 0.1) is 5.82 Å². The zero-order valence-electron chi connectivity index (χ0n) is 12.5. The number of imide groups is 1. The van der Waals surface area contributed by atoms with E-state index in [1.165, 1.54) is 11.0 Å². The standard InChI is InChI=1S/C17H15FN2O2S/c1-2-9-20-16(21)15(23-17(20)22)11-12-6-5-10-19(12)14-8-4-3-7-13(14)18/h3-8,10-11H,2,9H2,1H3/b15-11+. The van der Waals surface area contributed by atoms with E-state index in [2.05, 4.69) is 0 Å². The number of carbonyl (C=O) groups is 2. The Balaban J connectivity index is 1.96. The van der Waals surface area contributed by atoms with Gasteiger partial charge in [-0.1, -0.05) is 19.1 Å². The lowest BCUT2D eigenvalue weighted by Gasteiger charge is -2.10. The Bertz CT molecular complexity index is 797. The Kier molecular flexibility index (Phi) is 4.34. The number of para-hydroxylation sites is 1. The minimum absolute atomic E-state index is 0.257. The van der Waals surface area contributed by atoms with Crippen molar-refractivity contribution >= 4 is 29.0 Å². The van der Waals surface area contributed by atoms with Crippen LogP contribution in [-0.4, -0.2) is 27.2 Å². The van der Waals surface area contributed by atoms with Gasteiger partial charge in [-0.3, -0.25) is 14.5 Å². The molecule has 2 heterocycles. The first-order valence-electron chi connectivity index (χ1n) is 7.29. The summed E-state index contributed by atoms with van der Waals surface area (Å²) in [5.41, 5.74) is 1.05. The molecule has 1 aliphatic heterocycles. The van der Waals surface area contributed by atoms with E-state index in [1.807, 2.05) is 6.92 Å². The Morgan fingerprint density at radius 3 is 2.70 bits per heavy atom. The lowest BCUT2D eigenvalue weighted by atomic mass is 10.3. The second-order valence-electron chi connectivity index (χ2n) is 5.09. The quantitative estimate of drug-likeness (QED) is 0.794. The van der Waals surface area contributed by atoms with Crippen molar-refractivity contribution in [2.45, 2.75) is 13.3 Å². The molecule has 0 spiro atoms. The first-order valence-corrected chi connectivity index (χ1v) is 8.11. The molecule has 0 radical (unpaired) electrons. The molecule has 0 aliphatic carbocycles. The minimum atomic E-state index is -0.350. The molecule has 4 nitrogen and oxygen atoms in total. The number of amides is 2. The summed E-state index contributed by atoms with van der Waals surface area (Å²) in [6.07, 6.45) is 4.07. The van der Waals surface area contributed by atoms with Crippen molar-refractivity contribution in [1.82, 2.24) is 9.47 Å². The van der Waals surface area contributed by atoms with Crippen LogP contribution in [0.2, 0.25) is 0 Å². The van der Waals surface area contributed by atoms with Gasteiger partial charge in [-0.25, -0.2) is 4.39 Å². The second kappa shape index (κ2) is 6.42. The first kappa shape index (κ1) is 15.6. The van der Waals surface area contributed by atoms with Gasteiger partial charge >= 0.3 is 0 Å². The number of benzene rings is 1. The van der Waals surface area contributed by atoms with Crippen molar-refractivity contribution in [2.24, 2.45) is 0 Å². The summed E-state index contributed by atoms with van der Waals surface area (Å²) in [7, 11) is 0. The molecule has 0 unspecified atom stereocenters. The highest BCUT2D eigenvalue weighted by atomic mass is 32.2. The van der Waals surface area contributed by atoms with Gasteiger partial charge in [0, 0.05) is 18.4 Å². The molecule has 1 aromatic carbocycles. The molecule has 118 valence electrons. The summed E-state index contributed by atoms with van der Waals surface area (Å²) >= 11 is 0.920. The Morgan fingerprint density at radius 2 is 1.96 bits per heavy atom. The van der Waals surface area contributed by atoms with Gasteiger partial charge in [-0.2, -0.15) is 0 Å². The van der Waals surface area contributed by atoms with E-state index >= 15 is 0 Å². The largest absolute Gasteiger partial charge is 0.314 e. The van der Waals surface area contributed by atoms with E-state index in [9.17, 15) is 14.0 Å². The molecular weight excluding hydrogens is 315 g/mol. The highest BCUT2D eigenvalue weighted by Crippen LogP contribution is 2.32. The lowest BCUT2D eigenvalue weighted by molar-refractivity contribution is -0.122. The summed E-state index contributed by atoms with van der Waals surface area (Å²) in [5, 5.41) is -0.257. The average molecular weight is 330 g/mol. The summed E-state index contributed by atoms with van der Waals surface area (Å²) in [6.45, 7) is 2.33. The number of nitrogens with zero attached hydrogens (tertiary/aromatic N) is 2. The van der Waals surface area contributed by atoms with Crippen LogP contribution in [-0.2, 0) is 4.79 Å². The molecule has 0 saturated carbocycles. The summed E-state index contributed by atoms with van der Waals surface area (Å²) in [4.78, 5) is 25.8. The number of carbonyl (C=O) groups excluding carboxylic acids is 2. The van der Waals surface area contributed by atoms with Crippen molar-refractivity contribution in [1.29, 1.82) is 0 Å². The lowest BCUT2D eigenvalue weighted by Crippen LogP contribution is -2.28. The molecule has 1 aliphatic rings. The number of hydrogen-bond donors (Lipinski definition) is 0. The monoisotopic (exact) mass is 330 g/mol. The second-order valence-corrected chi connectivity index (χ2v) is 6.08. The van der Waals surface area contributed by atoms with Gasteiger partial charge in [0.2, 0.25) is 0 Å². The number of halogens is 1. The van der Waals surface area contributed by atoms with Crippen LogP contribution in [0.3, 0.4) is 0 Å². The van der Waals surface area contributed by atoms with Crippen LogP contribution >= 0.6 is 11.8 Å². The summed E-state index contributed by atoms with van der Waals surface area (Å²) in [5.74, 6) is -0.638. The van der Waals surface area contributed by atoms with Crippen LogP contribution in [0.5, 0.6) is 0 Å². The Hall–Kier alpha value is -2.34. The molecule has 0 atom stereocenters. The van der Waals surface area contributed by atoms with Crippen LogP contribution in [0.4, 0.5) is 9.18 Å². The van der Waals surface area contributed by atoms with Gasteiger partial charge in [0.1, 0.15) is 5.82 Å². The van der Waals surface area contributed by atoms with Crippen LogP contribution < -0.4 is 0 Å². The van der Waals surface area contributed by atoms with Crippen molar-refractivity contribution in [2.75, 3.05) is 6.54 Å². The van der Waals surface area contributed by atoms with Crippen LogP contribution in [0.1, 0.15) is 19.0 Å². The fourth-order valence-electron chi connectivity index (χ4n) is 2.43. The van der Waals surface area contributed by atoms with Crippen LogP contribution in [0.25, 0.3) is 11.8 Å². The summed E-state index contributed by atoms with van der Waals surface area (Å²) < 4.78 is 15.6. The molecule has 0 N–H and O–H groups in total. The minimum Gasteiger partial charge on any atom is -0.314 e. The van der Waals surface area contributed by atoms with Crippen molar-refractivity contribution in [3.05, 3.63) is 59.0 Å². The first-order chi connectivity index (χ1) is 11.1. The maximum absolute atomic E-state index is 14.0. The molecule has 1 saturated heterocycles. The maximum atomic E-state index is 14.0. The number of thioether (sulfide) groups is 1. The fraction of sp³-hybridized carbons (Fsp3) is 0.176. The topological polar surface area (TPSA) is 42.3 Å². The molecule has 2 aromatic rings. The van der Waals surface area contributed by atoms with E-state index in [0.717, 1.165) is 18.2 Å². The highest BCUT2D eigenvalue weighted by Gasteiger charge is 2.34. The van der Waals surface area contributed by atoms with E-state index < -0.39 is 0 Å². The van der Waals surface area contributed by atoms with Gasteiger partial charge in [-0.15, -0.1) is 0 Å². The SMILES string of the molecule is CCCN1C(=O)S/C(=C/c2cccn2-c2ccccc2F)C1=O. The van der Waals surface area contributed by atoms with Gasteiger partial charge in [0.25, 0.3) is 11.1 Å². The molecule has 23 heavy (non-hydrogen) atoms. The van der Waals surface area contributed by atoms with E-state index in [0.29, 0.717) is 22.8 Å². The Labute approximate surface area is 137 Å². The van der Waals surface area contributed by atoms with Crippen LogP contribution in [0.15, 0.2) is 47.5 Å². The number of hydrogen-bond acceptors (Lipinski definition) is 3. The molecule has 3 rings (SSSR count). The van der Waals surface area contributed by atoms with Crippen molar-refractivity contribution in [3.63, 3.8) is 0 Å². The molecule has 1 aromatic heterocycles. The third kappa shape index (κ3) is 2.94. The summed E-state index contributed by atoms with van der Waals surface area (Å²) in [6, 6.07) is 9.97. The van der Waals surface area contributed by atoms with Crippen molar-refractivity contribution < 1.29 is 14.0 Å². The molecule has 1 fully saturated rings. The van der Waals surface area contributed by atoms with E-state index in [-0.39, 0.29) is 17.0 Å². The van der Waals surface area contributed by atoms with E-state index in [4.69, 9.17) is 0 Å². The van der Waals surface area contributed by atoms with Gasteiger partial charge in [0.15, 0.2) is 0 Å². The smallest absolute Gasteiger partial charge is 0.293 e. The average Bonchev–Trinajstić information content (AvgIpc) is 3.09. The third-order valence-corrected chi connectivity index (χ3v) is 4.40. The molecule has 0 bridgehead atoms. The predicted octanol–water partition coefficient (Wildman–Crippen LogP) is 4.06. The van der Waals surface area contributed by atoms with Gasteiger partial charge in [0.05, 0.1) is 10.6 Å².